The van der Waals surface area contributed by atoms with Crippen molar-refractivity contribution in [2.75, 3.05) is 48.5 Å². The lowest BCUT2D eigenvalue weighted by Crippen LogP contribution is -3.00. The van der Waals surface area contributed by atoms with E-state index in [2.05, 4.69) is 21.0 Å². The predicted octanol–water partition coefficient (Wildman–Crippen LogP) is 1.87. The van der Waals surface area contributed by atoms with Gasteiger partial charge in [-0.05, 0) is 25.7 Å². The summed E-state index contributed by atoms with van der Waals surface area (Å²) in [5, 5.41) is 0. The second-order valence-electron chi connectivity index (χ2n) is 7.61. The highest BCUT2D eigenvalue weighted by atomic mass is 35.5. The normalized spacial score (nSPS) is 12.2. The molecule has 0 N–H and O–H groups in total. The van der Waals surface area contributed by atoms with Gasteiger partial charge in [-0.3, -0.25) is 0 Å². The highest BCUT2D eigenvalue weighted by molar-refractivity contribution is 6.60. The van der Waals surface area contributed by atoms with Crippen LogP contribution in [0.5, 0.6) is 0 Å². The van der Waals surface area contributed by atoms with E-state index < -0.39 is 8.80 Å². The SMILES string of the molecule is CCCCCCCCCC[N+](C)(C)CCCC[Si](OC)(OC)OC.[Cl-]. The molecule has 0 radical (unpaired) electrons. The van der Waals surface area contributed by atoms with Gasteiger partial charge in [-0.25, -0.2) is 0 Å². The molecule has 154 valence electrons. The Balaban J connectivity index is 0. The van der Waals surface area contributed by atoms with Gasteiger partial charge in [0.05, 0.1) is 27.2 Å². The molecule has 0 saturated carbocycles. The zero-order valence-electron chi connectivity index (χ0n) is 17.7. The molecule has 4 nitrogen and oxygen atoms in total. The van der Waals surface area contributed by atoms with Crippen molar-refractivity contribution in [1.29, 1.82) is 0 Å². The Morgan fingerprint density at radius 1 is 0.640 bits per heavy atom. The summed E-state index contributed by atoms with van der Waals surface area (Å²) in [5.74, 6) is 0. The van der Waals surface area contributed by atoms with Crippen LogP contribution in [0.4, 0.5) is 0 Å². The van der Waals surface area contributed by atoms with Gasteiger partial charge in [-0.2, -0.15) is 0 Å². The lowest BCUT2D eigenvalue weighted by Gasteiger charge is -2.30. The molecule has 0 bridgehead atoms. The Hall–Kier alpha value is 0.347. The smallest absolute Gasteiger partial charge is 0.500 e. The molecule has 0 saturated heterocycles. The van der Waals surface area contributed by atoms with Crippen molar-refractivity contribution in [3.63, 3.8) is 0 Å². The lowest BCUT2D eigenvalue weighted by atomic mass is 10.1. The van der Waals surface area contributed by atoms with Crippen molar-refractivity contribution in [2.45, 2.75) is 77.2 Å². The van der Waals surface area contributed by atoms with Crippen LogP contribution in [0.3, 0.4) is 0 Å². The molecule has 0 aromatic heterocycles. The van der Waals surface area contributed by atoms with Crippen LogP contribution in [0.15, 0.2) is 0 Å². The molecule has 0 aromatic carbocycles. The number of hydrogen-bond acceptors (Lipinski definition) is 3. The Labute approximate surface area is 165 Å². The van der Waals surface area contributed by atoms with Gasteiger partial charge < -0.3 is 30.2 Å². The molecule has 0 aromatic rings. The number of halogens is 1. The van der Waals surface area contributed by atoms with Crippen LogP contribution in [-0.4, -0.2) is 61.8 Å². The van der Waals surface area contributed by atoms with Crippen LogP contribution in [0, 0.1) is 0 Å². The monoisotopic (exact) mass is 397 g/mol. The average Bonchev–Trinajstić information content (AvgIpc) is 2.58. The van der Waals surface area contributed by atoms with Crippen molar-refractivity contribution in [2.24, 2.45) is 0 Å². The number of nitrogens with zero attached hydrogens (tertiary/aromatic N) is 1. The van der Waals surface area contributed by atoms with Crippen molar-refractivity contribution in [3.8, 4) is 0 Å². The third-order valence-electron chi connectivity index (χ3n) is 5.05. The minimum atomic E-state index is -2.37. The molecule has 0 fully saturated rings. The maximum Gasteiger partial charge on any atom is 0.500 e. The maximum absolute atomic E-state index is 5.48. The topological polar surface area (TPSA) is 27.7 Å². The Morgan fingerprint density at radius 3 is 1.48 bits per heavy atom. The van der Waals surface area contributed by atoms with Gasteiger partial charge in [0, 0.05) is 27.4 Å². The van der Waals surface area contributed by atoms with E-state index >= 15 is 0 Å². The van der Waals surface area contributed by atoms with Gasteiger partial charge in [0.2, 0.25) is 0 Å². The highest BCUT2D eigenvalue weighted by Crippen LogP contribution is 2.17. The van der Waals surface area contributed by atoms with Gasteiger partial charge in [-0.15, -0.1) is 0 Å². The number of hydrogen-bond donors (Lipinski definition) is 0. The fraction of sp³-hybridized carbons (Fsp3) is 1.00. The lowest BCUT2D eigenvalue weighted by molar-refractivity contribution is -0.890. The third kappa shape index (κ3) is 14.1. The van der Waals surface area contributed by atoms with E-state index in [4.69, 9.17) is 13.3 Å². The minimum Gasteiger partial charge on any atom is -1.00 e. The summed E-state index contributed by atoms with van der Waals surface area (Å²) in [6.07, 6.45) is 13.5. The molecule has 0 aliphatic rings. The fourth-order valence-corrected chi connectivity index (χ4v) is 5.02. The summed E-state index contributed by atoms with van der Waals surface area (Å²) >= 11 is 0. The molecule has 0 amide bonds. The molecule has 0 aliphatic heterocycles. The van der Waals surface area contributed by atoms with Gasteiger partial charge in [0.1, 0.15) is 0 Å². The molecule has 25 heavy (non-hydrogen) atoms. The van der Waals surface area contributed by atoms with E-state index in [1.54, 1.807) is 21.3 Å². The summed E-state index contributed by atoms with van der Waals surface area (Å²) in [7, 11) is 7.43. The molecular formula is C19H44ClNO3Si. The third-order valence-corrected chi connectivity index (χ3v) is 7.88. The van der Waals surface area contributed by atoms with Crippen molar-refractivity contribution < 1.29 is 30.2 Å². The van der Waals surface area contributed by atoms with E-state index in [0.717, 1.165) is 16.9 Å². The average molecular weight is 398 g/mol. The van der Waals surface area contributed by atoms with E-state index in [-0.39, 0.29) is 12.4 Å². The van der Waals surface area contributed by atoms with Crippen molar-refractivity contribution in [3.05, 3.63) is 0 Å². The second-order valence-corrected chi connectivity index (χ2v) is 10.7. The van der Waals surface area contributed by atoms with Gasteiger partial charge in [0.15, 0.2) is 0 Å². The number of quaternary nitrogens is 1. The zero-order chi connectivity index (χ0) is 18.3. The fourth-order valence-electron chi connectivity index (χ4n) is 3.22. The van der Waals surface area contributed by atoms with E-state index in [0.29, 0.717) is 0 Å². The predicted molar refractivity (Wildman–Crippen MR) is 105 cm³/mol. The van der Waals surface area contributed by atoms with Crippen molar-refractivity contribution >= 4 is 8.80 Å². The molecule has 0 heterocycles. The molecule has 6 heteroatoms. The molecule has 0 unspecified atom stereocenters. The zero-order valence-corrected chi connectivity index (χ0v) is 19.5. The van der Waals surface area contributed by atoms with Crippen LogP contribution in [0.2, 0.25) is 6.04 Å². The van der Waals surface area contributed by atoms with Gasteiger partial charge in [0.25, 0.3) is 0 Å². The van der Waals surface area contributed by atoms with Crippen LogP contribution in [0.25, 0.3) is 0 Å². The first kappa shape index (κ1) is 27.6. The largest absolute Gasteiger partial charge is 1.00 e. The number of rotatable bonds is 17. The van der Waals surface area contributed by atoms with Gasteiger partial charge >= 0.3 is 8.80 Å². The molecule has 0 aliphatic carbocycles. The quantitative estimate of drug-likeness (QED) is 0.213. The van der Waals surface area contributed by atoms with Crippen LogP contribution in [-0.2, 0) is 13.3 Å². The van der Waals surface area contributed by atoms with E-state index in [1.807, 2.05) is 0 Å². The Kier molecular flexibility index (Phi) is 18.2. The molecule has 0 atom stereocenters. The van der Waals surface area contributed by atoms with Crippen LogP contribution < -0.4 is 12.4 Å². The second kappa shape index (κ2) is 16.5. The minimum absolute atomic E-state index is 0. The first-order chi connectivity index (χ1) is 11.4. The summed E-state index contributed by atoms with van der Waals surface area (Å²) in [5.41, 5.74) is 0. The van der Waals surface area contributed by atoms with Crippen LogP contribution in [0.1, 0.15) is 71.1 Å². The first-order valence-corrected chi connectivity index (χ1v) is 11.9. The molecular weight excluding hydrogens is 354 g/mol. The summed E-state index contributed by atoms with van der Waals surface area (Å²) in [4.78, 5) is 0. The maximum atomic E-state index is 5.48. The summed E-state index contributed by atoms with van der Waals surface area (Å²) in [6, 6.07) is 0.911. The standard InChI is InChI=1S/C19H44NO3Si.ClH/c1-7-8-9-10-11-12-13-14-17-20(2,3)18-15-16-19-24(21-4,22-5)23-6;/h7-19H2,1-6H3;1H/q+1;/p-1. The molecule has 0 rings (SSSR count). The van der Waals surface area contributed by atoms with Gasteiger partial charge in [-0.1, -0.05) is 45.4 Å². The van der Waals surface area contributed by atoms with E-state index in [9.17, 15) is 0 Å². The molecule has 0 spiro atoms. The first-order valence-electron chi connectivity index (χ1n) is 9.92. The summed E-state index contributed by atoms with van der Waals surface area (Å²) < 4.78 is 17.6. The Morgan fingerprint density at radius 2 is 1.04 bits per heavy atom. The Bertz CT molecular complexity index is 282. The van der Waals surface area contributed by atoms with Crippen LogP contribution >= 0.6 is 0 Å². The highest BCUT2D eigenvalue weighted by Gasteiger charge is 2.37. The van der Waals surface area contributed by atoms with Crippen molar-refractivity contribution in [1.82, 2.24) is 0 Å². The summed E-state index contributed by atoms with van der Waals surface area (Å²) in [6.45, 7) is 4.79. The van der Waals surface area contributed by atoms with E-state index in [1.165, 1.54) is 70.9 Å². The number of unbranched alkanes of at least 4 members (excludes halogenated alkanes) is 8.